The van der Waals surface area contributed by atoms with Crippen LogP contribution in [0.15, 0.2) is 71.8 Å². The molecule has 3 aromatic rings. The van der Waals surface area contributed by atoms with E-state index < -0.39 is 0 Å². The number of nitrogens with zero attached hydrogens (tertiary/aromatic N) is 1. The van der Waals surface area contributed by atoms with E-state index in [2.05, 4.69) is 10.5 Å². The Balaban J connectivity index is 1.63. The van der Waals surface area contributed by atoms with Gasteiger partial charge in [-0.3, -0.25) is 4.79 Å². The Morgan fingerprint density at radius 3 is 2.43 bits per heavy atom. The lowest BCUT2D eigenvalue weighted by atomic mass is 10.2. The first kappa shape index (κ1) is 21.2. The highest BCUT2D eigenvalue weighted by Crippen LogP contribution is 2.28. The number of carbonyl (C=O) groups is 1. The van der Waals surface area contributed by atoms with Crippen molar-refractivity contribution in [2.75, 3.05) is 14.2 Å². The minimum Gasteiger partial charge on any atom is -0.496 e. The average molecular weight is 425 g/mol. The van der Waals surface area contributed by atoms with Gasteiger partial charge in [0.05, 0.1) is 26.0 Å². The van der Waals surface area contributed by atoms with E-state index in [1.807, 2.05) is 30.3 Å². The molecule has 0 saturated heterocycles. The van der Waals surface area contributed by atoms with E-state index in [-0.39, 0.29) is 5.91 Å². The molecule has 7 heteroatoms. The molecule has 0 saturated carbocycles. The zero-order valence-corrected chi connectivity index (χ0v) is 17.3. The van der Waals surface area contributed by atoms with E-state index in [1.54, 1.807) is 43.5 Å². The largest absolute Gasteiger partial charge is 0.496 e. The maximum Gasteiger partial charge on any atom is 0.275 e. The molecule has 0 fully saturated rings. The molecule has 0 aliphatic rings. The Labute approximate surface area is 180 Å². The first-order valence-corrected chi connectivity index (χ1v) is 9.50. The summed E-state index contributed by atoms with van der Waals surface area (Å²) in [6.07, 6.45) is 1.53. The van der Waals surface area contributed by atoms with Crippen molar-refractivity contribution in [3.05, 3.63) is 88.4 Å². The number of ether oxygens (including phenoxy) is 3. The molecule has 0 bridgehead atoms. The number of halogens is 1. The predicted molar refractivity (Wildman–Crippen MR) is 117 cm³/mol. The summed E-state index contributed by atoms with van der Waals surface area (Å²) in [6, 6.07) is 19.8. The Hall–Kier alpha value is -3.51. The van der Waals surface area contributed by atoms with Crippen LogP contribution < -0.4 is 19.6 Å². The number of nitrogens with one attached hydrogen (secondary N) is 1. The summed E-state index contributed by atoms with van der Waals surface area (Å²) in [6.45, 7) is 0.385. The van der Waals surface area contributed by atoms with Crippen LogP contribution >= 0.6 is 11.6 Å². The molecule has 1 amide bonds. The van der Waals surface area contributed by atoms with Crippen LogP contribution in [0.25, 0.3) is 0 Å². The molecule has 0 heterocycles. The van der Waals surface area contributed by atoms with E-state index in [1.165, 1.54) is 13.3 Å². The summed E-state index contributed by atoms with van der Waals surface area (Å²) >= 11 is 5.90. The second kappa shape index (κ2) is 10.3. The first-order chi connectivity index (χ1) is 14.6. The molecule has 0 aromatic heterocycles. The molecule has 0 aliphatic carbocycles. The fraction of sp³-hybridized carbons (Fsp3) is 0.130. The lowest BCUT2D eigenvalue weighted by Gasteiger charge is -2.11. The van der Waals surface area contributed by atoms with Gasteiger partial charge in [0.15, 0.2) is 11.5 Å². The third-order valence-corrected chi connectivity index (χ3v) is 4.48. The second-order valence-electron chi connectivity index (χ2n) is 6.22. The van der Waals surface area contributed by atoms with Crippen molar-refractivity contribution in [3.8, 4) is 17.2 Å². The van der Waals surface area contributed by atoms with Gasteiger partial charge in [0.25, 0.3) is 5.91 Å². The SMILES string of the molecule is COc1cc(/C=N\NC(=O)c2ccccc2OC)ccc1OCc1ccc(Cl)cc1. The first-order valence-electron chi connectivity index (χ1n) is 9.12. The Kier molecular flexibility index (Phi) is 7.29. The number of amides is 1. The summed E-state index contributed by atoms with van der Waals surface area (Å²) in [5, 5.41) is 4.69. The molecule has 3 aromatic carbocycles. The molecule has 3 rings (SSSR count). The van der Waals surface area contributed by atoms with E-state index >= 15 is 0 Å². The maximum absolute atomic E-state index is 12.3. The zero-order valence-electron chi connectivity index (χ0n) is 16.6. The highest BCUT2D eigenvalue weighted by atomic mass is 35.5. The molecule has 0 spiro atoms. The maximum atomic E-state index is 12.3. The van der Waals surface area contributed by atoms with Gasteiger partial charge in [0, 0.05) is 5.02 Å². The summed E-state index contributed by atoms with van der Waals surface area (Å²) in [5.74, 6) is 1.28. The van der Waals surface area contributed by atoms with Crippen LogP contribution in [0.2, 0.25) is 5.02 Å². The minimum absolute atomic E-state index is 0.362. The molecule has 6 nitrogen and oxygen atoms in total. The van der Waals surface area contributed by atoms with Gasteiger partial charge in [-0.2, -0.15) is 5.10 Å². The third kappa shape index (κ3) is 5.52. The number of hydrogen-bond donors (Lipinski definition) is 1. The van der Waals surface area contributed by atoms with Gasteiger partial charge in [-0.05, 0) is 53.6 Å². The smallest absolute Gasteiger partial charge is 0.275 e. The van der Waals surface area contributed by atoms with Crippen molar-refractivity contribution in [3.63, 3.8) is 0 Å². The van der Waals surface area contributed by atoms with Crippen molar-refractivity contribution in [1.29, 1.82) is 0 Å². The number of benzene rings is 3. The van der Waals surface area contributed by atoms with Crippen LogP contribution in [0.1, 0.15) is 21.5 Å². The lowest BCUT2D eigenvalue weighted by molar-refractivity contribution is 0.0952. The Morgan fingerprint density at radius 1 is 0.967 bits per heavy atom. The molecule has 30 heavy (non-hydrogen) atoms. The Morgan fingerprint density at radius 2 is 1.70 bits per heavy atom. The normalized spacial score (nSPS) is 10.6. The van der Waals surface area contributed by atoms with Gasteiger partial charge < -0.3 is 14.2 Å². The number of para-hydroxylation sites is 1. The highest BCUT2D eigenvalue weighted by molar-refractivity contribution is 6.30. The van der Waals surface area contributed by atoms with Crippen LogP contribution in [-0.2, 0) is 6.61 Å². The topological polar surface area (TPSA) is 69.2 Å². The zero-order chi connectivity index (χ0) is 21.3. The number of hydrogen-bond acceptors (Lipinski definition) is 5. The number of hydrazone groups is 1. The molecule has 0 aliphatic heterocycles. The number of carbonyl (C=O) groups excluding carboxylic acids is 1. The van der Waals surface area contributed by atoms with Crippen LogP contribution in [0.4, 0.5) is 0 Å². The van der Waals surface area contributed by atoms with Crippen LogP contribution in [0.3, 0.4) is 0 Å². The molecular weight excluding hydrogens is 404 g/mol. The summed E-state index contributed by atoms with van der Waals surface area (Å²) in [7, 11) is 3.08. The van der Waals surface area contributed by atoms with Crippen molar-refractivity contribution in [1.82, 2.24) is 5.43 Å². The standard InChI is InChI=1S/C23H21ClN2O4/c1-28-20-6-4-3-5-19(20)23(27)26-25-14-17-9-12-21(22(13-17)29-2)30-15-16-7-10-18(24)11-8-16/h3-14H,15H2,1-2H3,(H,26,27)/b25-14-. The molecule has 1 N–H and O–H groups in total. The Bertz CT molecular complexity index is 1040. The van der Waals surface area contributed by atoms with Crippen LogP contribution in [0.5, 0.6) is 17.2 Å². The molecule has 0 unspecified atom stereocenters. The van der Waals surface area contributed by atoms with Gasteiger partial charge in [-0.15, -0.1) is 0 Å². The summed E-state index contributed by atoms with van der Waals surface area (Å²) in [4.78, 5) is 12.3. The van der Waals surface area contributed by atoms with E-state index in [0.717, 1.165) is 11.1 Å². The fourth-order valence-corrected chi connectivity index (χ4v) is 2.81. The van der Waals surface area contributed by atoms with Crippen molar-refractivity contribution in [2.45, 2.75) is 6.61 Å². The molecule has 0 atom stereocenters. The van der Waals surface area contributed by atoms with E-state index in [9.17, 15) is 4.79 Å². The average Bonchev–Trinajstić information content (AvgIpc) is 2.79. The van der Waals surface area contributed by atoms with Gasteiger partial charge in [-0.1, -0.05) is 35.9 Å². The quantitative estimate of drug-likeness (QED) is 0.420. The van der Waals surface area contributed by atoms with Gasteiger partial charge >= 0.3 is 0 Å². The van der Waals surface area contributed by atoms with Crippen LogP contribution in [-0.4, -0.2) is 26.3 Å². The van der Waals surface area contributed by atoms with E-state index in [0.29, 0.717) is 34.4 Å². The minimum atomic E-state index is -0.362. The highest BCUT2D eigenvalue weighted by Gasteiger charge is 2.10. The number of methoxy groups -OCH3 is 2. The van der Waals surface area contributed by atoms with Crippen LogP contribution in [0, 0.1) is 0 Å². The van der Waals surface area contributed by atoms with Gasteiger partial charge in [-0.25, -0.2) is 5.43 Å². The van der Waals surface area contributed by atoms with Gasteiger partial charge in [0.2, 0.25) is 0 Å². The summed E-state index contributed by atoms with van der Waals surface area (Å²) in [5.41, 5.74) is 4.63. The fourth-order valence-electron chi connectivity index (χ4n) is 2.68. The van der Waals surface area contributed by atoms with E-state index in [4.69, 9.17) is 25.8 Å². The van der Waals surface area contributed by atoms with Crippen molar-refractivity contribution in [2.24, 2.45) is 5.10 Å². The molecular formula is C23H21ClN2O4. The van der Waals surface area contributed by atoms with Crippen molar-refractivity contribution < 1.29 is 19.0 Å². The second-order valence-corrected chi connectivity index (χ2v) is 6.66. The number of rotatable bonds is 8. The predicted octanol–water partition coefficient (Wildman–Crippen LogP) is 4.70. The van der Waals surface area contributed by atoms with Crippen molar-refractivity contribution >= 4 is 23.7 Å². The summed E-state index contributed by atoms with van der Waals surface area (Å²) < 4.78 is 16.4. The lowest BCUT2D eigenvalue weighted by Crippen LogP contribution is -2.18. The monoisotopic (exact) mass is 424 g/mol. The van der Waals surface area contributed by atoms with Gasteiger partial charge in [0.1, 0.15) is 12.4 Å². The molecule has 154 valence electrons. The molecule has 0 radical (unpaired) electrons. The third-order valence-electron chi connectivity index (χ3n) is 4.23.